The van der Waals surface area contributed by atoms with Crippen LogP contribution in [-0.2, 0) is 9.53 Å². The van der Waals surface area contributed by atoms with E-state index in [1.165, 1.54) is 30.2 Å². The predicted molar refractivity (Wildman–Crippen MR) is 68.7 cm³/mol. The summed E-state index contributed by atoms with van der Waals surface area (Å²) in [7, 11) is 1.48. The molecule has 0 saturated carbocycles. The van der Waals surface area contributed by atoms with E-state index < -0.39 is 11.9 Å². The van der Waals surface area contributed by atoms with Gasteiger partial charge in [0.25, 0.3) is 0 Å². The maximum Gasteiger partial charge on any atom is 0.246 e. The Morgan fingerprint density at radius 3 is 3.11 bits per heavy atom. The van der Waals surface area contributed by atoms with Crippen LogP contribution in [0.2, 0.25) is 0 Å². The summed E-state index contributed by atoms with van der Waals surface area (Å²) in [4.78, 5) is 13.8. The van der Waals surface area contributed by atoms with Gasteiger partial charge in [0.1, 0.15) is 23.7 Å². The van der Waals surface area contributed by atoms with Crippen molar-refractivity contribution in [2.75, 3.05) is 25.2 Å². The highest BCUT2D eigenvalue weighted by atomic mass is 19.1. The average molecular weight is 268 g/mol. The molecular weight excluding hydrogens is 251 g/mol. The van der Waals surface area contributed by atoms with Crippen LogP contribution in [0.25, 0.3) is 0 Å². The number of nitrogens with two attached hydrogens (primary N) is 1. The van der Waals surface area contributed by atoms with Crippen molar-refractivity contribution in [1.29, 1.82) is 0 Å². The van der Waals surface area contributed by atoms with Crippen LogP contribution >= 0.6 is 0 Å². The van der Waals surface area contributed by atoms with E-state index in [0.29, 0.717) is 18.0 Å². The standard InChI is InChI=1S/C13H17FN2O3/c1-8-6-16(13(17)10(15)7-18-2)11-4-3-9(14)5-12(11)19-8/h3-5,8,10H,6-7,15H2,1-2H3. The van der Waals surface area contributed by atoms with Gasteiger partial charge in [-0.25, -0.2) is 4.39 Å². The van der Waals surface area contributed by atoms with Gasteiger partial charge in [-0.15, -0.1) is 0 Å². The van der Waals surface area contributed by atoms with Gasteiger partial charge in [-0.05, 0) is 19.1 Å². The van der Waals surface area contributed by atoms with E-state index in [2.05, 4.69) is 0 Å². The molecule has 0 fully saturated rings. The number of carbonyl (C=O) groups excluding carboxylic acids is 1. The zero-order chi connectivity index (χ0) is 14.0. The largest absolute Gasteiger partial charge is 0.487 e. The molecule has 2 N–H and O–H groups in total. The molecule has 0 spiro atoms. The molecule has 1 heterocycles. The van der Waals surface area contributed by atoms with Crippen molar-refractivity contribution in [2.45, 2.75) is 19.1 Å². The van der Waals surface area contributed by atoms with Gasteiger partial charge < -0.3 is 20.1 Å². The van der Waals surface area contributed by atoms with Crippen LogP contribution in [-0.4, -0.2) is 38.3 Å². The minimum absolute atomic E-state index is 0.140. The maximum absolute atomic E-state index is 13.2. The molecule has 1 amide bonds. The van der Waals surface area contributed by atoms with E-state index in [-0.39, 0.29) is 18.6 Å². The van der Waals surface area contributed by atoms with Crippen molar-refractivity contribution in [3.05, 3.63) is 24.0 Å². The van der Waals surface area contributed by atoms with E-state index in [0.717, 1.165) is 0 Å². The van der Waals surface area contributed by atoms with Gasteiger partial charge in [0, 0.05) is 13.2 Å². The lowest BCUT2D eigenvalue weighted by molar-refractivity contribution is -0.121. The van der Waals surface area contributed by atoms with Gasteiger partial charge >= 0.3 is 0 Å². The highest BCUT2D eigenvalue weighted by molar-refractivity contribution is 5.98. The van der Waals surface area contributed by atoms with E-state index >= 15 is 0 Å². The molecule has 0 saturated heterocycles. The minimum Gasteiger partial charge on any atom is -0.487 e. The van der Waals surface area contributed by atoms with Crippen LogP contribution in [0.3, 0.4) is 0 Å². The molecule has 2 rings (SSSR count). The van der Waals surface area contributed by atoms with Crippen molar-refractivity contribution in [2.24, 2.45) is 5.73 Å². The van der Waals surface area contributed by atoms with Gasteiger partial charge in [-0.3, -0.25) is 4.79 Å². The first-order valence-electron chi connectivity index (χ1n) is 6.05. The van der Waals surface area contributed by atoms with Crippen LogP contribution < -0.4 is 15.4 Å². The molecule has 0 radical (unpaired) electrons. The Bertz CT molecular complexity index is 481. The maximum atomic E-state index is 13.2. The third-order valence-electron chi connectivity index (χ3n) is 2.91. The Kier molecular flexibility index (Phi) is 4.01. The Morgan fingerprint density at radius 1 is 1.68 bits per heavy atom. The number of nitrogens with zero attached hydrogens (tertiary/aromatic N) is 1. The molecule has 6 heteroatoms. The SMILES string of the molecule is COCC(N)C(=O)N1CC(C)Oc2cc(F)ccc21. The smallest absolute Gasteiger partial charge is 0.246 e. The van der Waals surface area contributed by atoms with E-state index in [1.807, 2.05) is 6.92 Å². The fraction of sp³-hybridized carbons (Fsp3) is 0.462. The minimum atomic E-state index is -0.742. The first kappa shape index (κ1) is 13.8. The van der Waals surface area contributed by atoms with Crippen LogP contribution in [0, 0.1) is 5.82 Å². The Labute approximate surface area is 111 Å². The molecule has 1 aromatic rings. The van der Waals surface area contributed by atoms with Crippen molar-refractivity contribution < 1.29 is 18.7 Å². The number of halogens is 1. The summed E-state index contributed by atoms with van der Waals surface area (Å²) < 4.78 is 23.6. The Morgan fingerprint density at radius 2 is 2.42 bits per heavy atom. The van der Waals surface area contributed by atoms with Gasteiger partial charge in [0.2, 0.25) is 5.91 Å². The van der Waals surface area contributed by atoms with Gasteiger partial charge in [-0.2, -0.15) is 0 Å². The monoisotopic (exact) mass is 268 g/mol. The number of benzene rings is 1. The second-order valence-corrected chi connectivity index (χ2v) is 4.55. The quantitative estimate of drug-likeness (QED) is 0.885. The normalized spacial score (nSPS) is 19.6. The predicted octanol–water partition coefficient (Wildman–Crippen LogP) is 0.913. The van der Waals surface area contributed by atoms with Crippen LogP contribution in [0.1, 0.15) is 6.92 Å². The first-order valence-corrected chi connectivity index (χ1v) is 6.05. The summed E-state index contributed by atoms with van der Waals surface area (Å²) in [6, 6.07) is 3.34. The molecule has 2 atom stereocenters. The highest BCUT2D eigenvalue weighted by Crippen LogP contribution is 2.34. The second kappa shape index (κ2) is 5.54. The van der Waals surface area contributed by atoms with Crippen molar-refractivity contribution in [1.82, 2.24) is 0 Å². The molecule has 0 aromatic heterocycles. The number of carbonyl (C=O) groups is 1. The van der Waals surface area contributed by atoms with E-state index in [4.69, 9.17) is 15.2 Å². The topological polar surface area (TPSA) is 64.8 Å². The summed E-state index contributed by atoms with van der Waals surface area (Å²) in [6.07, 6.45) is -0.215. The number of amides is 1. The lowest BCUT2D eigenvalue weighted by Crippen LogP contribution is -2.51. The van der Waals surface area contributed by atoms with E-state index in [9.17, 15) is 9.18 Å². The van der Waals surface area contributed by atoms with Crippen LogP contribution in [0.4, 0.5) is 10.1 Å². The molecule has 2 unspecified atom stereocenters. The number of hydrogen-bond donors (Lipinski definition) is 1. The van der Waals surface area contributed by atoms with Crippen molar-refractivity contribution in [3.8, 4) is 5.75 Å². The lowest BCUT2D eigenvalue weighted by atomic mass is 10.1. The van der Waals surface area contributed by atoms with Gasteiger partial charge in [0.05, 0.1) is 18.8 Å². The summed E-state index contributed by atoms with van der Waals surface area (Å²) in [5.41, 5.74) is 6.30. The number of methoxy groups -OCH3 is 1. The molecule has 5 nitrogen and oxygen atoms in total. The molecule has 1 aliphatic rings. The fourth-order valence-electron chi connectivity index (χ4n) is 2.07. The third-order valence-corrected chi connectivity index (χ3v) is 2.91. The number of rotatable bonds is 3. The Hall–Kier alpha value is -1.66. The van der Waals surface area contributed by atoms with Crippen LogP contribution in [0.5, 0.6) is 5.75 Å². The van der Waals surface area contributed by atoms with Crippen molar-refractivity contribution in [3.63, 3.8) is 0 Å². The molecule has 104 valence electrons. The lowest BCUT2D eigenvalue weighted by Gasteiger charge is -2.34. The summed E-state index contributed by atoms with van der Waals surface area (Å²) >= 11 is 0. The molecule has 1 aromatic carbocycles. The average Bonchev–Trinajstić information content (AvgIpc) is 2.36. The first-order chi connectivity index (χ1) is 9.02. The highest BCUT2D eigenvalue weighted by Gasteiger charge is 2.30. The number of anilines is 1. The number of hydrogen-bond acceptors (Lipinski definition) is 4. The zero-order valence-corrected chi connectivity index (χ0v) is 10.9. The summed E-state index contributed by atoms with van der Waals surface area (Å²) in [5, 5.41) is 0. The number of ether oxygens (including phenoxy) is 2. The number of fused-ring (bicyclic) bond motifs is 1. The Balaban J connectivity index is 2.30. The molecule has 19 heavy (non-hydrogen) atoms. The second-order valence-electron chi connectivity index (χ2n) is 4.55. The van der Waals surface area contributed by atoms with Crippen molar-refractivity contribution >= 4 is 11.6 Å². The summed E-state index contributed by atoms with van der Waals surface area (Å²) in [6.45, 7) is 2.34. The van der Waals surface area contributed by atoms with Gasteiger partial charge in [-0.1, -0.05) is 0 Å². The van der Waals surface area contributed by atoms with Crippen LogP contribution in [0.15, 0.2) is 18.2 Å². The molecule has 1 aliphatic heterocycles. The summed E-state index contributed by atoms with van der Waals surface area (Å²) in [5.74, 6) is -0.303. The third kappa shape index (κ3) is 2.85. The molecule has 0 aliphatic carbocycles. The molecule has 0 bridgehead atoms. The van der Waals surface area contributed by atoms with E-state index in [1.54, 1.807) is 0 Å². The zero-order valence-electron chi connectivity index (χ0n) is 10.9. The molecular formula is C13H17FN2O3. The fourth-order valence-corrected chi connectivity index (χ4v) is 2.07. The van der Waals surface area contributed by atoms with Gasteiger partial charge in [0.15, 0.2) is 0 Å².